The molecule has 0 saturated heterocycles. The molecule has 0 amide bonds. The fourth-order valence-corrected chi connectivity index (χ4v) is 1.68. The number of halogens is 1. The van der Waals surface area contributed by atoms with Crippen molar-refractivity contribution in [2.75, 3.05) is 12.3 Å². The number of nitrogens with two attached hydrogens (primary N) is 1. The van der Waals surface area contributed by atoms with Gasteiger partial charge in [0.2, 0.25) is 0 Å². The lowest BCUT2D eigenvalue weighted by atomic mass is 10.1. The van der Waals surface area contributed by atoms with E-state index in [0.717, 1.165) is 0 Å². The van der Waals surface area contributed by atoms with Gasteiger partial charge in [0, 0.05) is 5.02 Å². The van der Waals surface area contributed by atoms with Crippen molar-refractivity contribution < 1.29 is 19.4 Å². The van der Waals surface area contributed by atoms with Crippen LogP contribution >= 0.6 is 11.6 Å². The van der Waals surface area contributed by atoms with E-state index >= 15 is 0 Å². The molecule has 6 heteroatoms. The fraction of sp³-hybridized carbons (Fsp3) is 0.231. The number of ether oxygens (including phenoxy) is 1. The van der Waals surface area contributed by atoms with Crippen LogP contribution in [0.4, 0.5) is 5.69 Å². The number of rotatable bonds is 5. The lowest BCUT2D eigenvalue weighted by Gasteiger charge is -2.06. The van der Waals surface area contributed by atoms with E-state index in [1.807, 2.05) is 0 Å². The predicted molar refractivity (Wildman–Crippen MR) is 73.1 cm³/mol. The normalized spacial score (nSPS) is 10.6. The van der Waals surface area contributed by atoms with Gasteiger partial charge in [-0.2, -0.15) is 0 Å². The van der Waals surface area contributed by atoms with Crippen LogP contribution in [0.1, 0.15) is 29.3 Å². The number of esters is 1. The summed E-state index contributed by atoms with van der Waals surface area (Å²) < 4.78 is 4.75. The van der Waals surface area contributed by atoms with Crippen LogP contribution in [0.25, 0.3) is 6.08 Å². The SMILES string of the molecule is CCOC(=O)CC=Cc1cc(Cl)cc(C(=O)O)c1N. The first-order valence-electron chi connectivity index (χ1n) is 5.60. The highest BCUT2D eigenvalue weighted by molar-refractivity contribution is 6.31. The van der Waals surface area contributed by atoms with Gasteiger partial charge in [-0.15, -0.1) is 0 Å². The number of hydrogen-bond acceptors (Lipinski definition) is 4. The molecule has 0 heterocycles. The first-order chi connectivity index (χ1) is 8.95. The van der Waals surface area contributed by atoms with Gasteiger partial charge in [0.15, 0.2) is 0 Å². The molecule has 0 atom stereocenters. The van der Waals surface area contributed by atoms with E-state index in [0.29, 0.717) is 12.2 Å². The summed E-state index contributed by atoms with van der Waals surface area (Å²) in [5.41, 5.74) is 6.22. The van der Waals surface area contributed by atoms with E-state index < -0.39 is 5.97 Å². The number of carbonyl (C=O) groups is 2. The van der Waals surface area contributed by atoms with Crippen LogP contribution in [0.5, 0.6) is 0 Å². The molecular formula is C13H14ClNO4. The topological polar surface area (TPSA) is 89.6 Å². The van der Waals surface area contributed by atoms with Gasteiger partial charge in [-0.1, -0.05) is 23.8 Å². The second-order valence-corrected chi connectivity index (χ2v) is 4.11. The molecule has 0 radical (unpaired) electrons. The number of carboxylic acid groups (broad SMARTS) is 1. The summed E-state index contributed by atoms with van der Waals surface area (Å²) >= 11 is 5.81. The van der Waals surface area contributed by atoms with Crippen molar-refractivity contribution in [1.82, 2.24) is 0 Å². The second-order valence-electron chi connectivity index (χ2n) is 3.67. The standard InChI is InChI=1S/C13H14ClNO4/c1-2-19-11(16)5-3-4-8-6-9(14)7-10(12(8)15)13(17)18/h3-4,6-7H,2,5,15H2,1H3,(H,17,18). The van der Waals surface area contributed by atoms with E-state index in [2.05, 4.69) is 0 Å². The smallest absolute Gasteiger partial charge is 0.337 e. The third-order valence-corrected chi connectivity index (χ3v) is 2.51. The predicted octanol–water partition coefficient (Wildman–Crippen LogP) is 2.59. The Bertz CT molecular complexity index is 526. The van der Waals surface area contributed by atoms with Crippen molar-refractivity contribution in [3.63, 3.8) is 0 Å². The maximum atomic E-state index is 11.1. The molecule has 0 aromatic heterocycles. The molecule has 1 rings (SSSR count). The zero-order chi connectivity index (χ0) is 14.4. The van der Waals surface area contributed by atoms with Gasteiger partial charge in [0.05, 0.1) is 24.3 Å². The van der Waals surface area contributed by atoms with E-state index in [4.69, 9.17) is 27.2 Å². The number of benzene rings is 1. The van der Waals surface area contributed by atoms with Crippen LogP contribution in [0.2, 0.25) is 5.02 Å². The highest BCUT2D eigenvalue weighted by Crippen LogP contribution is 2.24. The second kappa shape index (κ2) is 6.80. The van der Waals surface area contributed by atoms with Crippen molar-refractivity contribution in [3.05, 3.63) is 34.4 Å². The lowest BCUT2D eigenvalue weighted by molar-refractivity contribution is -0.142. The molecule has 0 aliphatic rings. The number of carboxylic acids is 1. The average molecular weight is 284 g/mol. The minimum absolute atomic E-state index is 0.0664. The largest absolute Gasteiger partial charge is 0.478 e. The average Bonchev–Trinajstić information content (AvgIpc) is 2.33. The van der Waals surface area contributed by atoms with Crippen molar-refractivity contribution >= 4 is 35.3 Å². The van der Waals surface area contributed by atoms with E-state index in [9.17, 15) is 9.59 Å². The van der Waals surface area contributed by atoms with Crippen molar-refractivity contribution in [3.8, 4) is 0 Å². The van der Waals surface area contributed by atoms with Crippen molar-refractivity contribution in [1.29, 1.82) is 0 Å². The van der Waals surface area contributed by atoms with Gasteiger partial charge >= 0.3 is 11.9 Å². The van der Waals surface area contributed by atoms with Crippen molar-refractivity contribution in [2.45, 2.75) is 13.3 Å². The molecular weight excluding hydrogens is 270 g/mol. The molecule has 0 bridgehead atoms. The molecule has 5 nitrogen and oxygen atoms in total. The monoisotopic (exact) mass is 283 g/mol. The Morgan fingerprint density at radius 1 is 1.47 bits per heavy atom. The summed E-state index contributed by atoms with van der Waals surface area (Å²) in [4.78, 5) is 22.1. The molecule has 0 aliphatic carbocycles. The van der Waals surface area contributed by atoms with Gasteiger partial charge in [0.1, 0.15) is 0 Å². The van der Waals surface area contributed by atoms with Gasteiger partial charge < -0.3 is 15.6 Å². The van der Waals surface area contributed by atoms with Crippen LogP contribution in [0, 0.1) is 0 Å². The van der Waals surface area contributed by atoms with Crippen LogP contribution in [0.3, 0.4) is 0 Å². The van der Waals surface area contributed by atoms with Crippen molar-refractivity contribution in [2.24, 2.45) is 0 Å². The Morgan fingerprint density at radius 2 is 2.16 bits per heavy atom. The van der Waals surface area contributed by atoms with E-state index in [-0.39, 0.29) is 28.7 Å². The Hall–Kier alpha value is -2.01. The third-order valence-electron chi connectivity index (χ3n) is 2.29. The Balaban J connectivity index is 2.92. The number of anilines is 1. The molecule has 0 saturated carbocycles. The third kappa shape index (κ3) is 4.30. The first-order valence-corrected chi connectivity index (χ1v) is 5.98. The highest BCUT2D eigenvalue weighted by Gasteiger charge is 2.11. The Kier molecular flexibility index (Phi) is 5.38. The molecule has 0 unspecified atom stereocenters. The zero-order valence-electron chi connectivity index (χ0n) is 10.4. The van der Waals surface area contributed by atoms with Crippen LogP contribution in [0.15, 0.2) is 18.2 Å². The quantitative estimate of drug-likeness (QED) is 0.640. The molecule has 3 N–H and O–H groups in total. The Labute approximate surface area is 115 Å². The van der Waals surface area contributed by atoms with Crippen LogP contribution < -0.4 is 5.73 Å². The molecule has 0 fully saturated rings. The lowest BCUT2D eigenvalue weighted by Crippen LogP contribution is -2.04. The van der Waals surface area contributed by atoms with Gasteiger partial charge in [-0.25, -0.2) is 4.79 Å². The summed E-state index contributed by atoms with van der Waals surface area (Å²) in [6.45, 7) is 2.03. The van der Waals surface area contributed by atoms with Gasteiger partial charge in [0.25, 0.3) is 0 Å². The molecule has 1 aromatic carbocycles. The first kappa shape index (κ1) is 15.0. The maximum Gasteiger partial charge on any atom is 0.337 e. The summed E-state index contributed by atoms with van der Waals surface area (Å²) in [5, 5.41) is 9.23. The molecule has 1 aromatic rings. The Morgan fingerprint density at radius 3 is 2.74 bits per heavy atom. The van der Waals surface area contributed by atoms with Gasteiger partial charge in [-0.3, -0.25) is 4.79 Å². The van der Waals surface area contributed by atoms with Gasteiger partial charge in [-0.05, 0) is 24.6 Å². The number of nitrogen functional groups attached to an aromatic ring is 1. The highest BCUT2D eigenvalue weighted by atomic mass is 35.5. The number of aromatic carboxylic acids is 1. The summed E-state index contributed by atoms with van der Waals surface area (Å²) in [5.74, 6) is -1.52. The summed E-state index contributed by atoms with van der Waals surface area (Å²) in [6.07, 6.45) is 3.18. The van der Waals surface area contributed by atoms with Crippen LogP contribution in [-0.2, 0) is 9.53 Å². The summed E-state index contributed by atoms with van der Waals surface area (Å²) in [7, 11) is 0. The minimum atomic E-state index is -1.15. The molecule has 19 heavy (non-hydrogen) atoms. The minimum Gasteiger partial charge on any atom is -0.478 e. The summed E-state index contributed by atoms with van der Waals surface area (Å²) in [6, 6.07) is 2.81. The maximum absolute atomic E-state index is 11.1. The molecule has 0 spiro atoms. The van der Waals surface area contributed by atoms with E-state index in [1.54, 1.807) is 19.1 Å². The number of hydrogen-bond donors (Lipinski definition) is 2. The van der Waals surface area contributed by atoms with E-state index in [1.165, 1.54) is 12.1 Å². The fourth-order valence-electron chi connectivity index (χ4n) is 1.46. The molecule has 102 valence electrons. The molecule has 0 aliphatic heterocycles. The van der Waals surface area contributed by atoms with Crippen LogP contribution in [-0.4, -0.2) is 23.7 Å². The number of carbonyl (C=O) groups excluding carboxylic acids is 1. The zero-order valence-corrected chi connectivity index (χ0v) is 11.1.